The van der Waals surface area contributed by atoms with Crippen molar-refractivity contribution in [3.8, 4) is 5.88 Å². The molecule has 0 spiro atoms. The number of sulfonamides is 1. The number of hydrogen-bond donors (Lipinski definition) is 0. The molecule has 0 saturated carbocycles. The Kier molecular flexibility index (Phi) is 4.20. The van der Waals surface area contributed by atoms with Gasteiger partial charge in [0.2, 0.25) is 5.88 Å². The Morgan fingerprint density at radius 2 is 2.09 bits per heavy atom. The Morgan fingerprint density at radius 1 is 1.32 bits per heavy atom. The monoisotopic (exact) mass is 338 g/mol. The third kappa shape index (κ3) is 3.02. The van der Waals surface area contributed by atoms with Crippen LogP contribution in [0.5, 0.6) is 5.88 Å². The summed E-state index contributed by atoms with van der Waals surface area (Å²) in [5, 5.41) is 0. The molecule has 0 atom stereocenters. The van der Waals surface area contributed by atoms with Gasteiger partial charge in [0.1, 0.15) is 10.3 Å². The van der Waals surface area contributed by atoms with Crippen LogP contribution >= 0.6 is 11.3 Å². The largest absolute Gasteiger partial charge is 0.472 e. The first-order valence-electron chi connectivity index (χ1n) is 7.18. The van der Waals surface area contributed by atoms with E-state index in [-0.39, 0.29) is 6.10 Å². The van der Waals surface area contributed by atoms with Crippen molar-refractivity contribution in [2.75, 3.05) is 13.1 Å². The van der Waals surface area contributed by atoms with E-state index >= 15 is 0 Å². The van der Waals surface area contributed by atoms with Crippen LogP contribution < -0.4 is 4.74 Å². The van der Waals surface area contributed by atoms with Gasteiger partial charge >= 0.3 is 0 Å². The van der Waals surface area contributed by atoms with Gasteiger partial charge in [0.05, 0.1) is 13.1 Å². The van der Waals surface area contributed by atoms with Crippen molar-refractivity contribution in [1.29, 1.82) is 0 Å². The molecule has 1 saturated heterocycles. The predicted octanol–water partition coefficient (Wildman–Crippen LogP) is 2.47. The Labute approximate surface area is 134 Å². The Balaban J connectivity index is 1.62. The van der Waals surface area contributed by atoms with Gasteiger partial charge in [-0.3, -0.25) is 0 Å². The molecule has 1 aliphatic heterocycles. The molecular weight excluding hydrogens is 320 g/mol. The molecule has 0 N–H and O–H groups in total. The summed E-state index contributed by atoms with van der Waals surface area (Å²) in [5.74, 6) is 0.548. The molecule has 0 radical (unpaired) electrons. The summed E-state index contributed by atoms with van der Waals surface area (Å²) >= 11 is 1.34. The molecule has 1 aliphatic rings. The van der Waals surface area contributed by atoms with Crippen molar-refractivity contribution in [2.45, 2.75) is 30.6 Å². The first kappa shape index (κ1) is 15.5. The summed E-state index contributed by atoms with van der Waals surface area (Å²) in [6.45, 7) is 4.66. The molecule has 5 nitrogen and oxygen atoms in total. The summed E-state index contributed by atoms with van der Waals surface area (Å²) in [6, 6.07) is 9.13. The van der Waals surface area contributed by atoms with Gasteiger partial charge in [0.15, 0.2) is 0 Å². The highest BCUT2D eigenvalue weighted by Gasteiger charge is 2.39. The lowest BCUT2D eigenvalue weighted by atomic mass is 10.2. The van der Waals surface area contributed by atoms with E-state index in [1.54, 1.807) is 12.1 Å². The van der Waals surface area contributed by atoms with E-state index in [2.05, 4.69) is 4.98 Å². The molecule has 0 amide bonds. The number of rotatable bonds is 5. The van der Waals surface area contributed by atoms with Gasteiger partial charge in [-0.05, 0) is 31.5 Å². The predicted molar refractivity (Wildman–Crippen MR) is 85.8 cm³/mol. The van der Waals surface area contributed by atoms with E-state index in [0.29, 0.717) is 23.2 Å². The first-order valence-corrected chi connectivity index (χ1v) is 9.44. The minimum absolute atomic E-state index is 0.130. The smallest absolute Gasteiger partial charge is 0.252 e. The maximum atomic E-state index is 12.5. The highest BCUT2D eigenvalue weighted by atomic mass is 32.2. The lowest BCUT2D eigenvalue weighted by Crippen LogP contribution is -2.55. The normalized spacial score (nSPS) is 16.5. The highest BCUT2D eigenvalue weighted by molar-refractivity contribution is 7.91. The number of thiophene rings is 1. The number of ether oxygens (including phenoxy) is 1. The fourth-order valence-corrected chi connectivity index (χ4v) is 5.19. The number of nitrogens with zero attached hydrogens (tertiary/aromatic N) is 2. The average Bonchev–Trinajstić information content (AvgIpc) is 2.92. The molecule has 3 rings (SSSR count). The van der Waals surface area contributed by atoms with Crippen molar-refractivity contribution in [2.24, 2.45) is 0 Å². The topological polar surface area (TPSA) is 59.5 Å². The number of pyridine rings is 1. The quantitative estimate of drug-likeness (QED) is 0.840. The molecule has 2 aromatic rings. The van der Waals surface area contributed by atoms with Gasteiger partial charge in [-0.25, -0.2) is 13.4 Å². The van der Waals surface area contributed by atoms with E-state index in [1.807, 2.05) is 32.0 Å². The van der Waals surface area contributed by atoms with Crippen LogP contribution in [-0.2, 0) is 16.4 Å². The van der Waals surface area contributed by atoms with Gasteiger partial charge in [-0.15, -0.1) is 11.3 Å². The van der Waals surface area contributed by atoms with Gasteiger partial charge in [0, 0.05) is 16.6 Å². The van der Waals surface area contributed by atoms with E-state index in [9.17, 15) is 8.42 Å². The van der Waals surface area contributed by atoms with Crippen LogP contribution in [0, 0.1) is 6.92 Å². The molecular formula is C15H18N2O3S2. The molecule has 2 aromatic heterocycles. The molecule has 0 aliphatic carbocycles. The summed E-state index contributed by atoms with van der Waals surface area (Å²) in [4.78, 5) is 5.35. The maximum Gasteiger partial charge on any atom is 0.252 e. The van der Waals surface area contributed by atoms with Crippen LogP contribution in [0.4, 0.5) is 0 Å². The zero-order valence-corrected chi connectivity index (χ0v) is 14.2. The summed E-state index contributed by atoms with van der Waals surface area (Å²) in [5.41, 5.74) is 0.881. The van der Waals surface area contributed by atoms with Crippen molar-refractivity contribution in [1.82, 2.24) is 9.29 Å². The van der Waals surface area contributed by atoms with Crippen molar-refractivity contribution in [3.63, 3.8) is 0 Å². The Hall–Kier alpha value is -1.44. The van der Waals surface area contributed by atoms with Crippen molar-refractivity contribution < 1.29 is 13.2 Å². The lowest BCUT2D eigenvalue weighted by molar-refractivity contribution is 0.0721. The van der Waals surface area contributed by atoms with Gasteiger partial charge in [0.25, 0.3) is 10.0 Å². The van der Waals surface area contributed by atoms with Crippen molar-refractivity contribution >= 4 is 21.4 Å². The molecule has 0 unspecified atom stereocenters. The molecule has 1 fully saturated rings. The van der Waals surface area contributed by atoms with Gasteiger partial charge < -0.3 is 4.74 Å². The average molecular weight is 338 g/mol. The van der Waals surface area contributed by atoms with E-state index in [1.165, 1.54) is 15.6 Å². The van der Waals surface area contributed by atoms with Gasteiger partial charge in [-0.2, -0.15) is 4.31 Å². The van der Waals surface area contributed by atoms with Crippen LogP contribution in [0.2, 0.25) is 0 Å². The van der Waals surface area contributed by atoms with Crippen molar-refractivity contribution in [3.05, 3.63) is 40.9 Å². The zero-order chi connectivity index (χ0) is 15.7. The second-order valence-corrected chi connectivity index (χ2v) is 8.59. The second-order valence-electron chi connectivity index (χ2n) is 5.25. The highest BCUT2D eigenvalue weighted by Crippen LogP contribution is 2.29. The molecule has 3 heterocycles. The molecule has 0 aromatic carbocycles. The molecule has 0 bridgehead atoms. The van der Waals surface area contributed by atoms with E-state index < -0.39 is 10.0 Å². The zero-order valence-electron chi connectivity index (χ0n) is 12.5. The lowest BCUT2D eigenvalue weighted by Gasteiger charge is -2.37. The minimum Gasteiger partial charge on any atom is -0.472 e. The van der Waals surface area contributed by atoms with Crippen LogP contribution in [0.1, 0.15) is 17.5 Å². The molecule has 118 valence electrons. The standard InChI is InChI=1S/C15H18N2O3S2/c1-3-13-7-8-15(21-13)22(18,19)17-9-12(10-17)20-14-6-4-5-11(2)16-14/h4-8,12H,3,9-10H2,1-2H3. The third-order valence-corrected chi connectivity index (χ3v) is 7.07. The second kappa shape index (κ2) is 5.98. The van der Waals surface area contributed by atoms with E-state index in [4.69, 9.17) is 4.74 Å². The fraction of sp³-hybridized carbons (Fsp3) is 0.400. The number of aromatic nitrogens is 1. The van der Waals surface area contributed by atoms with Crippen LogP contribution in [-0.4, -0.2) is 36.9 Å². The summed E-state index contributed by atoms with van der Waals surface area (Å²) in [7, 11) is -3.37. The van der Waals surface area contributed by atoms with Crippen LogP contribution in [0.3, 0.4) is 0 Å². The van der Waals surface area contributed by atoms with Crippen LogP contribution in [0.15, 0.2) is 34.5 Å². The van der Waals surface area contributed by atoms with E-state index in [0.717, 1.165) is 17.0 Å². The fourth-order valence-electron chi connectivity index (χ4n) is 2.24. The van der Waals surface area contributed by atoms with Gasteiger partial charge in [-0.1, -0.05) is 13.0 Å². The molecule has 7 heteroatoms. The first-order chi connectivity index (χ1) is 10.5. The SMILES string of the molecule is CCc1ccc(S(=O)(=O)N2CC(Oc3cccc(C)n3)C2)s1. The van der Waals surface area contributed by atoms with Crippen LogP contribution in [0.25, 0.3) is 0 Å². The number of hydrogen-bond acceptors (Lipinski definition) is 5. The summed E-state index contributed by atoms with van der Waals surface area (Å²) in [6.07, 6.45) is 0.722. The Bertz CT molecular complexity index is 765. The molecule has 22 heavy (non-hydrogen) atoms. The Morgan fingerprint density at radius 3 is 2.73 bits per heavy atom. The maximum absolute atomic E-state index is 12.5. The minimum atomic E-state index is -3.37. The summed E-state index contributed by atoms with van der Waals surface area (Å²) < 4.78 is 32.5. The third-order valence-electron chi connectivity index (χ3n) is 3.54. The number of aryl methyl sites for hydroxylation is 2.